The van der Waals surface area contributed by atoms with Gasteiger partial charge in [0.2, 0.25) is 5.88 Å². The van der Waals surface area contributed by atoms with E-state index >= 15 is 0 Å². The smallest absolute Gasteiger partial charge is 0.238 e. The van der Waals surface area contributed by atoms with Crippen LogP contribution >= 0.6 is 11.6 Å². The fraction of sp³-hybridized carbons (Fsp3) is 0.600. The van der Waals surface area contributed by atoms with Crippen LogP contribution in [0, 0.1) is 0 Å². The number of halogens is 1. The molecule has 0 fully saturated rings. The van der Waals surface area contributed by atoms with E-state index in [9.17, 15) is 0 Å². The van der Waals surface area contributed by atoms with E-state index in [-0.39, 0.29) is 22.3 Å². The van der Waals surface area contributed by atoms with Gasteiger partial charge in [0.1, 0.15) is 23.8 Å². The van der Waals surface area contributed by atoms with Gasteiger partial charge in [0.25, 0.3) is 0 Å². The summed E-state index contributed by atoms with van der Waals surface area (Å²) in [6.07, 6.45) is 1.31. The standard InChI is InChI=1S/C10H16ClN3O2/c1-10(2,3)16-5-4-15-9-7(11)8(12)13-6-14-9/h6H,4-5H2,1-3H3,(H2,12,13,14). The van der Waals surface area contributed by atoms with Crippen molar-refractivity contribution in [2.75, 3.05) is 18.9 Å². The number of nitrogen functional groups attached to an aromatic ring is 1. The fourth-order valence-electron chi connectivity index (χ4n) is 0.953. The number of anilines is 1. The van der Waals surface area contributed by atoms with Crippen molar-refractivity contribution in [1.82, 2.24) is 9.97 Å². The first-order chi connectivity index (χ1) is 7.40. The third-order valence-electron chi connectivity index (χ3n) is 1.64. The Kier molecular flexibility index (Phi) is 4.32. The SMILES string of the molecule is CC(C)(C)OCCOc1ncnc(N)c1Cl. The summed E-state index contributed by atoms with van der Waals surface area (Å²) >= 11 is 5.85. The Balaban J connectivity index is 2.41. The number of ether oxygens (including phenoxy) is 2. The third kappa shape index (κ3) is 4.20. The van der Waals surface area contributed by atoms with Crippen LogP contribution < -0.4 is 10.5 Å². The Morgan fingerprint density at radius 2 is 2.00 bits per heavy atom. The Bertz CT molecular complexity index is 352. The third-order valence-corrected chi connectivity index (χ3v) is 2.00. The van der Waals surface area contributed by atoms with Crippen LogP contribution in [-0.2, 0) is 4.74 Å². The van der Waals surface area contributed by atoms with E-state index in [4.69, 9.17) is 26.8 Å². The number of nitrogens with two attached hydrogens (primary N) is 1. The first-order valence-electron chi connectivity index (χ1n) is 4.93. The minimum Gasteiger partial charge on any atom is -0.474 e. The van der Waals surface area contributed by atoms with E-state index < -0.39 is 0 Å². The Morgan fingerprint density at radius 1 is 1.31 bits per heavy atom. The highest BCUT2D eigenvalue weighted by atomic mass is 35.5. The van der Waals surface area contributed by atoms with Gasteiger partial charge >= 0.3 is 0 Å². The van der Waals surface area contributed by atoms with Gasteiger partial charge < -0.3 is 15.2 Å². The van der Waals surface area contributed by atoms with Gasteiger partial charge in [0.05, 0.1) is 12.2 Å². The topological polar surface area (TPSA) is 70.3 Å². The number of hydrogen-bond acceptors (Lipinski definition) is 5. The molecule has 0 spiro atoms. The fourth-order valence-corrected chi connectivity index (χ4v) is 1.11. The second-order valence-corrected chi connectivity index (χ2v) is 4.57. The van der Waals surface area contributed by atoms with E-state index in [1.165, 1.54) is 6.33 Å². The number of rotatable bonds is 4. The van der Waals surface area contributed by atoms with E-state index in [1.807, 2.05) is 20.8 Å². The quantitative estimate of drug-likeness (QED) is 0.821. The molecule has 1 aromatic heterocycles. The zero-order valence-electron chi connectivity index (χ0n) is 9.66. The van der Waals surface area contributed by atoms with Crippen molar-refractivity contribution in [2.45, 2.75) is 26.4 Å². The highest BCUT2D eigenvalue weighted by Gasteiger charge is 2.11. The molecular weight excluding hydrogens is 230 g/mol. The lowest BCUT2D eigenvalue weighted by Crippen LogP contribution is -2.22. The van der Waals surface area contributed by atoms with Crippen LogP contribution in [0.15, 0.2) is 6.33 Å². The Hall–Kier alpha value is -1.07. The number of nitrogens with zero attached hydrogens (tertiary/aromatic N) is 2. The maximum absolute atomic E-state index is 5.85. The van der Waals surface area contributed by atoms with Crippen molar-refractivity contribution < 1.29 is 9.47 Å². The summed E-state index contributed by atoms with van der Waals surface area (Å²) < 4.78 is 10.8. The predicted octanol–water partition coefficient (Wildman–Crippen LogP) is 1.91. The highest BCUT2D eigenvalue weighted by Crippen LogP contribution is 2.25. The normalized spacial score (nSPS) is 11.5. The first-order valence-corrected chi connectivity index (χ1v) is 5.30. The van der Waals surface area contributed by atoms with E-state index in [1.54, 1.807) is 0 Å². The lowest BCUT2D eigenvalue weighted by Gasteiger charge is -2.19. The molecule has 0 aliphatic carbocycles. The van der Waals surface area contributed by atoms with Crippen molar-refractivity contribution in [3.8, 4) is 5.88 Å². The second kappa shape index (κ2) is 5.32. The predicted molar refractivity (Wildman–Crippen MR) is 62.7 cm³/mol. The molecule has 0 aromatic carbocycles. The maximum Gasteiger partial charge on any atom is 0.238 e. The summed E-state index contributed by atoms with van der Waals surface area (Å²) in [5.41, 5.74) is 5.32. The lowest BCUT2D eigenvalue weighted by molar-refractivity contribution is -0.0168. The van der Waals surface area contributed by atoms with Crippen molar-refractivity contribution in [3.63, 3.8) is 0 Å². The van der Waals surface area contributed by atoms with E-state index in [0.29, 0.717) is 13.2 Å². The van der Waals surface area contributed by atoms with Crippen LogP contribution in [0.2, 0.25) is 5.02 Å². The first kappa shape index (κ1) is 13.0. The molecule has 0 unspecified atom stereocenters. The monoisotopic (exact) mass is 245 g/mol. The highest BCUT2D eigenvalue weighted by molar-refractivity contribution is 6.33. The van der Waals surface area contributed by atoms with E-state index in [2.05, 4.69) is 9.97 Å². The van der Waals surface area contributed by atoms with Crippen LogP contribution in [0.5, 0.6) is 5.88 Å². The minimum atomic E-state index is -0.183. The van der Waals surface area contributed by atoms with Gasteiger partial charge in [-0.1, -0.05) is 11.6 Å². The molecule has 90 valence electrons. The average Bonchev–Trinajstić information content (AvgIpc) is 2.17. The molecule has 2 N–H and O–H groups in total. The van der Waals surface area contributed by atoms with Gasteiger partial charge in [-0.3, -0.25) is 0 Å². The molecular formula is C10H16ClN3O2. The Morgan fingerprint density at radius 3 is 2.62 bits per heavy atom. The van der Waals surface area contributed by atoms with Crippen LogP contribution in [0.1, 0.15) is 20.8 Å². The average molecular weight is 246 g/mol. The molecule has 1 rings (SSSR count). The molecule has 6 heteroatoms. The van der Waals surface area contributed by atoms with Gasteiger partial charge in [-0.25, -0.2) is 9.97 Å². The van der Waals surface area contributed by atoms with Crippen molar-refractivity contribution in [1.29, 1.82) is 0 Å². The van der Waals surface area contributed by atoms with Crippen molar-refractivity contribution >= 4 is 17.4 Å². The summed E-state index contributed by atoms with van der Waals surface area (Å²) in [4.78, 5) is 7.60. The summed E-state index contributed by atoms with van der Waals surface area (Å²) in [5.74, 6) is 0.495. The van der Waals surface area contributed by atoms with Gasteiger partial charge in [-0.05, 0) is 20.8 Å². The molecule has 1 aromatic rings. The largest absolute Gasteiger partial charge is 0.474 e. The van der Waals surface area contributed by atoms with Crippen molar-refractivity contribution in [2.24, 2.45) is 0 Å². The molecule has 0 saturated carbocycles. The van der Waals surface area contributed by atoms with E-state index in [0.717, 1.165) is 0 Å². The van der Waals surface area contributed by atoms with Gasteiger partial charge in [-0.15, -0.1) is 0 Å². The molecule has 0 bridgehead atoms. The molecule has 0 aliphatic rings. The van der Waals surface area contributed by atoms with Crippen LogP contribution in [0.4, 0.5) is 5.82 Å². The maximum atomic E-state index is 5.85. The van der Waals surface area contributed by atoms with Gasteiger partial charge in [-0.2, -0.15) is 0 Å². The molecule has 1 heterocycles. The minimum absolute atomic E-state index is 0.183. The summed E-state index contributed by atoms with van der Waals surface area (Å²) in [5, 5.41) is 0.234. The molecule has 0 radical (unpaired) electrons. The zero-order valence-corrected chi connectivity index (χ0v) is 10.4. The number of aromatic nitrogens is 2. The molecule has 16 heavy (non-hydrogen) atoms. The van der Waals surface area contributed by atoms with Crippen LogP contribution in [-0.4, -0.2) is 28.8 Å². The van der Waals surface area contributed by atoms with Crippen LogP contribution in [0.25, 0.3) is 0 Å². The molecule has 0 saturated heterocycles. The number of hydrogen-bond donors (Lipinski definition) is 1. The Labute approximate surface area is 99.9 Å². The second-order valence-electron chi connectivity index (χ2n) is 4.19. The summed E-state index contributed by atoms with van der Waals surface area (Å²) in [7, 11) is 0. The summed E-state index contributed by atoms with van der Waals surface area (Å²) in [6, 6.07) is 0. The summed E-state index contributed by atoms with van der Waals surface area (Å²) in [6.45, 7) is 6.76. The molecule has 5 nitrogen and oxygen atoms in total. The molecule has 0 amide bonds. The molecule has 0 aliphatic heterocycles. The van der Waals surface area contributed by atoms with Crippen LogP contribution in [0.3, 0.4) is 0 Å². The zero-order chi connectivity index (χ0) is 12.2. The van der Waals surface area contributed by atoms with Gasteiger partial charge in [0, 0.05) is 0 Å². The van der Waals surface area contributed by atoms with Crippen molar-refractivity contribution in [3.05, 3.63) is 11.3 Å². The lowest BCUT2D eigenvalue weighted by atomic mass is 10.2. The molecule has 0 atom stereocenters. The van der Waals surface area contributed by atoms with Gasteiger partial charge in [0.15, 0.2) is 0 Å².